The second kappa shape index (κ2) is 14.0. The van der Waals surface area contributed by atoms with Gasteiger partial charge in [0.1, 0.15) is 11.2 Å². The number of alkyl carbamates (subject to hydrolysis) is 1. The van der Waals surface area contributed by atoms with Gasteiger partial charge < -0.3 is 35.4 Å². The van der Waals surface area contributed by atoms with Gasteiger partial charge in [0.25, 0.3) is 0 Å². The maximum absolute atomic E-state index is 12.3. The highest BCUT2D eigenvalue weighted by atomic mass is 16.6. The second-order valence-corrected chi connectivity index (χ2v) is 9.37. The van der Waals surface area contributed by atoms with Crippen LogP contribution in [0.2, 0.25) is 0 Å². The molecule has 0 saturated carbocycles. The fraction of sp³-hybridized carbons (Fsp3) is 0.857. The van der Waals surface area contributed by atoms with Crippen molar-refractivity contribution in [1.82, 2.24) is 15.1 Å². The molecule has 0 unspecified atom stereocenters. The van der Waals surface area contributed by atoms with Crippen LogP contribution in [0.3, 0.4) is 0 Å². The number of hydrogen-bond acceptors (Lipinski definition) is 6. The number of nitrogens with one attached hydrogen (secondary N) is 1. The molecule has 0 aromatic carbocycles. The summed E-state index contributed by atoms with van der Waals surface area (Å²) in [5.74, 6) is 0. The highest BCUT2D eigenvalue weighted by Gasteiger charge is 2.22. The molecular weight excluding hydrogens is 404 g/mol. The maximum atomic E-state index is 12.3. The van der Waals surface area contributed by atoms with Crippen molar-refractivity contribution in [3.05, 3.63) is 0 Å². The predicted molar refractivity (Wildman–Crippen MR) is 119 cm³/mol. The van der Waals surface area contributed by atoms with Crippen molar-refractivity contribution in [2.45, 2.75) is 78.4 Å². The molecule has 182 valence electrons. The van der Waals surface area contributed by atoms with E-state index in [1.165, 1.54) is 4.90 Å². The van der Waals surface area contributed by atoms with Crippen LogP contribution < -0.4 is 11.1 Å². The number of carbonyl (C=O) groups excluding carboxylic acids is 2. The fourth-order valence-electron chi connectivity index (χ4n) is 2.59. The van der Waals surface area contributed by atoms with Crippen LogP contribution in [0, 0.1) is 0 Å². The molecular formula is C21H42N4O6. The number of ether oxygens (including phenoxy) is 2. The average Bonchev–Trinajstić information content (AvgIpc) is 2.59. The zero-order chi connectivity index (χ0) is 24.1. The first-order valence-corrected chi connectivity index (χ1v) is 10.9. The third kappa shape index (κ3) is 16.2. The number of unbranched alkanes of at least 4 members (excludes halogenated alkanes) is 1. The molecule has 4 N–H and O–H groups in total. The molecule has 0 atom stereocenters. The first kappa shape index (κ1) is 28.8. The number of nitrogens with two attached hydrogens (primary N) is 1. The standard InChI is InChI=1S/C21H42N4O6/c1-20(2,3)30-17(26)23-12-10-16-24(18(27)28)13-7-8-14-25(15-9-11-22)19(29)31-21(4,5)6/h7-16,22H2,1-6H3,(H,23,26)(H,27,28). The Morgan fingerprint density at radius 2 is 1.29 bits per heavy atom. The van der Waals surface area contributed by atoms with Crippen molar-refractivity contribution in [1.29, 1.82) is 0 Å². The van der Waals surface area contributed by atoms with Crippen molar-refractivity contribution in [3.63, 3.8) is 0 Å². The molecule has 0 aliphatic heterocycles. The van der Waals surface area contributed by atoms with Crippen LogP contribution in [0.4, 0.5) is 14.4 Å². The van der Waals surface area contributed by atoms with E-state index in [2.05, 4.69) is 5.32 Å². The number of amides is 3. The van der Waals surface area contributed by atoms with E-state index in [-0.39, 0.29) is 6.09 Å². The summed E-state index contributed by atoms with van der Waals surface area (Å²) in [7, 11) is 0. The summed E-state index contributed by atoms with van der Waals surface area (Å²) in [5.41, 5.74) is 4.40. The summed E-state index contributed by atoms with van der Waals surface area (Å²) in [6, 6.07) is 0. The summed E-state index contributed by atoms with van der Waals surface area (Å²) in [4.78, 5) is 38.3. The van der Waals surface area contributed by atoms with Gasteiger partial charge in [-0.05, 0) is 73.8 Å². The zero-order valence-corrected chi connectivity index (χ0v) is 20.0. The topological polar surface area (TPSA) is 134 Å². The average molecular weight is 447 g/mol. The normalized spacial score (nSPS) is 11.6. The second-order valence-electron chi connectivity index (χ2n) is 9.37. The predicted octanol–water partition coefficient (Wildman–Crippen LogP) is 3.25. The van der Waals surface area contributed by atoms with Gasteiger partial charge in [-0.15, -0.1) is 0 Å². The first-order chi connectivity index (χ1) is 14.2. The molecule has 0 aromatic heterocycles. The van der Waals surface area contributed by atoms with Crippen LogP contribution in [-0.2, 0) is 9.47 Å². The highest BCUT2D eigenvalue weighted by molar-refractivity contribution is 5.68. The Morgan fingerprint density at radius 1 is 0.806 bits per heavy atom. The molecule has 10 nitrogen and oxygen atoms in total. The molecule has 10 heteroatoms. The van der Waals surface area contributed by atoms with Crippen LogP contribution in [0.1, 0.15) is 67.2 Å². The number of nitrogens with zero attached hydrogens (tertiary/aromatic N) is 2. The van der Waals surface area contributed by atoms with Gasteiger partial charge in [0, 0.05) is 32.7 Å². The van der Waals surface area contributed by atoms with Gasteiger partial charge in [-0.2, -0.15) is 0 Å². The smallest absolute Gasteiger partial charge is 0.410 e. The van der Waals surface area contributed by atoms with Gasteiger partial charge in [-0.3, -0.25) is 0 Å². The monoisotopic (exact) mass is 446 g/mol. The number of carboxylic acid groups (broad SMARTS) is 1. The van der Waals surface area contributed by atoms with E-state index in [1.54, 1.807) is 25.7 Å². The quantitative estimate of drug-likeness (QED) is 0.392. The minimum Gasteiger partial charge on any atom is -0.465 e. The Hall–Kier alpha value is -2.23. The molecule has 3 amide bonds. The van der Waals surface area contributed by atoms with Crippen LogP contribution in [0.15, 0.2) is 0 Å². The minimum atomic E-state index is -1.01. The van der Waals surface area contributed by atoms with Crippen molar-refractivity contribution in [2.24, 2.45) is 5.73 Å². The minimum absolute atomic E-state index is 0.300. The molecule has 0 fully saturated rings. The first-order valence-electron chi connectivity index (χ1n) is 10.9. The molecule has 0 rings (SSSR count). The Bertz CT molecular complexity index is 557. The lowest BCUT2D eigenvalue weighted by molar-refractivity contribution is 0.0243. The van der Waals surface area contributed by atoms with Crippen molar-refractivity contribution < 1.29 is 29.0 Å². The van der Waals surface area contributed by atoms with Gasteiger partial charge >= 0.3 is 18.3 Å². The molecule has 0 radical (unpaired) electrons. The summed E-state index contributed by atoms with van der Waals surface area (Å²) in [6.07, 6.45) is 0.483. The van der Waals surface area contributed by atoms with Crippen molar-refractivity contribution >= 4 is 18.3 Å². The van der Waals surface area contributed by atoms with Crippen molar-refractivity contribution in [3.8, 4) is 0 Å². The van der Waals surface area contributed by atoms with E-state index in [4.69, 9.17) is 15.2 Å². The van der Waals surface area contributed by atoms with Crippen LogP contribution >= 0.6 is 0 Å². The van der Waals surface area contributed by atoms with Crippen LogP contribution in [0.25, 0.3) is 0 Å². The highest BCUT2D eigenvalue weighted by Crippen LogP contribution is 2.11. The zero-order valence-electron chi connectivity index (χ0n) is 20.0. The molecule has 0 saturated heterocycles. The van der Waals surface area contributed by atoms with Gasteiger partial charge in [0.05, 0.1) is 0 Å². The van der Waals surface area contributed by atoms with E-state index in [0.717, 1.165) is 0 Å². The Kier molecular flexibility index (Phi) is 12.9. The van der Waals surface area contributed by atoms with Gasteiger partial charge in [-0.25, -0.2) is 14.4 Å². The maximum Gasteiger partial charge on any atom is 0.410 e. The van der Waals surface area contributed by atoms with Gasteiger partial charge in [0.2, 0.25) is 0 Å². The lowest BCUT2D eigenvalue weighted by Crippen LogP contribution is -2.39. The number of carbonyl (C=O) groups is 3. The lowest BCUT2D eigenvalue weighted by atomic mass is 10.2. The van der Waals surface area contributed by atoms with Gasteiger partial charge in [-0.1, -0.05) is 0 Å². The molecule has 0 spiro atoms. The molecule has 0 bridgehead atoms. The van der Waals surface area contributed by atoms with Crippen LogP contribution in [-0.4, -0.2) is 83.7 Å². The third-order valence-corrected chi connectivity index (χ3v) is 3.93. The van der Waals surface area contributed by atoms with E-state index < -0.39 is 23.4 Å². The van der Waals surface area contributed by atoms with Crippen molar-refractivity contribution in [2.75, 3.05) is 39.3 Å². The van der Waals surface area contributed by atoms with Crippen LogP contribution in [0.5, 0.6) is 0 Å². The lowest BCUT2D eigenvalue weighted by Gasteiger charge is -2.27. The summed E-state index contributed by atoms with van der Waals surface area (Å²) in [5, 5.41) is 12.0. The Balaban J connectivity index is 4.36. The number of rotatable bonds is 12. The molecule has 0 aliphatic carbocycles. The van der Waals surface area contributed by atoms with E-state index >= 15 is 0 Å². The van der Waals surface area contributed by atoms with E-state index in [1.807, 2.05) is 20.8 Å². The summed E-state index contributed by atoms with van der Waals surface area (Å²) in [6.45, 7) is 13.2. The Morgan fingerprint density at radius 3 is 1.77 bits per heavy atom. The van der Waals surface area contributed by atoms with E-state index in [0.29, 0.717) is 65.0 Å². The Labute approximate surface area is 186 Å². The fourth-order valence-corrected chi connectivity index (χ4v) is 2.59. The number of hydrogen-bond donors (Lipinski definition) is 3. The SMILES string of the molecule is CC(C)(C)OC(=O)NCCCN(CCCCN(CCCN)C(=O)OC(C)(C)C)C(=O)O. The largest absolute Gasteiger partial charge is 0.465 e. The molecule has 0 aliphatic rings. The summed E-state index contributed by atoms with van der Waals surface area (Å²) >= 11 is 0. The summed E-state index contributed by atoms with van der Waals surface area (Å²) < 4.78 is 10.6. The van der Waals surface area contributed by atoms with Gasteiger partial charge in [0.15, 0.2) is 0 Å². The van der Waals surface area contributed by atoms with E-state index in [9.17, 15) is 19.5 Å². The molecule has 0 heterocycles. The molecule has 0 aromatic rings. The third-order valence-electron chi connectivity index (χ3n) is 3.93. The molecule has 31 heavy (non-hydrogen) atoms.